The van der Waals surface area contributed by atoms with Gasteiger partial charge in [0.25, 0.3) is 0 Å². The van der Waals surface area contributed by atoms with Gasteiger partial charge < -0.3 is 10.6 Å². The fraction of sp³-hybridized carbons (Fsp3) is 0.250. The van der Waals surface area contributed by atoms with Gasteiger partial charge in [-0.3, -0.25) is 14.5 Å². The van der Waals surface area contributed by atoms with E-state index in [4.69, 9.17) is 34.0 Å². The van der Waals surface area contributed by atoms with Crippen LogP contribution in [0.1, 0.15) is 16.4 Å². The summed E-state index contributed by atoms with van der Waals surface area (Å²) in [4.78, 5) is 18.2. The zero-order valence-corrected chi connectivity index (χ0v) is 18.0. The smallest absolute Gasteiger partial charge is 0.236 e. The van der Waals surface area contributed by atoms with Gasteiger partial charge in [0.2, 0.25) is 5.91 Å². The second-order valence-electron chi connectivity index (χ2n) is 6.73. The van der Waals surface area contributed by atoms with Gasteiger partial charge in [-0.25, -0.2) is 0 Å². The first-order valence-corrected chi connectivity index (χ1v) is 10.8. The first-order valence-electron chi connectivity index (χ1n) is 9.04. The Morgan fingerprint density at radius 1 is 1.31 bits per heavy atom. The normalized spacial score (nSPS) is 16.4. The molecular weight excluding hydrogens is 429 g/mol. The van der Waals surface area contributed by atoms with Gasteiger partial charge in [-0.15, -0.1) is 11.8 Å². The molecule has 1 unspecified atom stereocenters. The van der Waals surface area contributed by atoms with Crippen LogP contribution < -0.4 is 10.6 Å². The molecule has 0 bridgehead atoms. The maximum atomic E-state index is 11.7. The standard InChI is InChI=1S/C20H19Cl2N5OS/c1-26-20-17(18(25-26)15-4-2-3-7-24-15)19(13-6-5-12(21)10-14(13)22)29-9-8-27(20)11-16(23)28/h2-7,10,19H,8-9,11H2,1H3,(H2,23,28). The van der Waals surface area contributed by atoms with E-state index >= 15 is 0 Å². The van der Waals surface area contributed by atoms with Crippen molar-refractivity contribution in [2.24, 2.45) is 12.8 Å². The van der Waals surface area contributed by atoms with Gasteiger partial charge in [0.1, 0.15) is 11.5 Å². The minimum atomic E-state index is -0.385. The first-order chi connectivity index (χ1) is 14.0. The number of nitrogens with two attached hydrogens (primary N) is 1. The molecule has 3 heterocycles. The number of pyridine rings is 1. The number of anilines is 1. The number of hydrogen-bond donors (Lipinski definition) is 1. The number of carbonyl (C=O) groups is 1. The van der Waals surface area contributed by atoms with Crippen molar-refractivity contribution in [2.45, 2.75) is 5.25 Å². The number of nitrogens with zero attached hydrogens (tertiary/aromatic N) is 4. The Balaban J connectivity index is 1.95. The molecule has 1 aliphatic rings. The van der Waals surface area contributed by atoms with Crippen molar-refractivity contribution in [1.29, 1.82) is 0 Å². The lowest BCUT2D eigenvalue weighted by molar-refractivity contribution is -0.116. The zero-order chi connectivity index (χ0) is 20.5. The Kier molecular flexibility index (Phi) is 5.72. The molecule has 0 saturated carbocycles. The molecule has 2 N–H and O–H groups in total. The summed E-state index contributed by atoms with van der Waals surface area (Å²) >= 11 is 14.5. The summed E-state index contributed by atoms with van der Waals surface area (Å²) < 4.78 is 1.80. The molecule has 4 rings (SSSR count). The average molecular weight is 448 g/mol. The fourth-order valence-corrected chi connectivity index (χ4v) is 5.52. The SMILES string of the molecule is Cn1nc(-c2ccccn2)c2c1N(CC(N)=O)CCSC2c1ccc(Cl)cc1Cl. The van der Waals surface area contributed by atoms with Crippen LogP contribution in [-0.4, -0.2) is 39.5 Å². The Hall–Kier alpha value is -2.22. The number of rotatable bonds is 4. The number of amides is 1. The van der Waals surface area contributed by atoms with Gasteiger partial charge in [0.15, 0.2) is 0 Å². The topological polar surface area (TPSA) is 77.0 Å². The number of fused-ring (bicyclic) bond motifs is 1. The molecule has 6 nitrogen and oxygen atoms in total. The van der Waals surface area contributed by atoms with E-state index in [0.717, 1.165) is 34.1 Å². The van der Waals surface area contributed by atoms with Gasteiger partial charge in [0, 0.05) is 41.2 Å². The Bertz CT molecular complexity index is 1060. The van der Waals surface area contributed by atoms with Crippen LogP contribution in [0.4, 0.5) is 5.82 Å². The Morgan fingerprint density at radius 2 is 2.14 bits per heavy atom. The number of benzene rings is 1. The van der Waals surface area contributed by atoms with E-state index in [-0.39, 0.29) is 17.7 Å². The van der Waals surface area contributed by atoms with Crippen molar-refractivity contribution in [3.05, 3.63) is 63.8 Å². The van der Waals surface area contributed by atoms with Crippen LogP contribution in [0.5, 0.6) is 0 Å². The van der Waals surface area contributed by atoms with E-state index in [2.05, 4.69) is 4.98 Å². The maximum Gasteiger partial charge on any atom is 0.236 e. The molecule has 0 radical (unpaired) electrons. The van der Waals surface area contributed by atoms with Gasteiger partial charge in [-0.2, -0.15) is 5.10 Å². The first kappa shape index (κ1) is 20.1. The van der Waals surface area contributed by atoms with E-state index in [1.54, 1.807) is 28.7 Å². The number of primary amides is 1. The minimum absolute atomic E-state index is 0.0849. The van der Waals surface area contributed by atoms with Crippen LogP contribution in [0.25, 0.3) is 11.4 Å². The highest BCUT2D eigenvalue weighted by Crippen LogP contribution is 2.48. The van der Waals surface area contributed by atoms with Crippen molar-refractivity contribution in [1.82, 2.24) is 14.8 Å². The molecule has 0 saturated heterocycles. The fourth-order valence-electron chi connectivity index (χ4n) is 3.61. The molecule has 0 aliphatic carbocycles. The summed E-state index contributed by atoms with van der Waals surface area (Å²) in [5.41, 5.74) is 8.98. The van der Waals surface area contributed by atoms with Crippen molar-refractivity contribution < 1.29 is 4.79 Å². The quantitative estimate of drug-likeness (QED) is 0.655. The molecule has 1 aromatic carbocycles. The molecule has 150 valence electrons. The zero-order valence-electron chi connectivity index (χ0n) is 15.7. The Morgan fingerprint density at radius 3 is 2.83 bits per heavy atom. The Labute approximate surface area is 183 Å². The lowest BCUT2D eigenvalue weighted by atomic mass is 10.0. The summed E-state index contributed by atoms with van der Waals surface area (Å²) in [5, 5.41) is 5.86. The molecule has 1 amide bonds. The highest BCUT2D eigenvalue weighted by atomic mass is 35.5. The second kappa shape index (κ2) is 8.26. The number of aryl methyl sites for hydroxylation is 1. The molecule has 0 fully saturated rings. The van der Waals surface area contributed by atoms with Crippen LogP contribution in [-0.2, 0) is 11.8 Å². The highest BCUT2D eigenvalue weighted by molar-refractivity contribution is 7.99. The van der Waals surface area contributed by atoms with Crippen LogP contribution in [0.3, 0.4) is 0 Å². The number of aromatic nitrogens is 3. The van der Waals surface area contributed by atoms with Gasteiger partial charge >= 0.3 is 0 Å². The second-order valence-corrected chi connectivity index (χ2v) is 8.79. The van der Waals surface area contributed by atoms with Crippen molar-refractivity contribution in [3.63, 3.8) is 0 Å². The largest absolute Gasteiger partial charge is 0.368 e. The lowest BCUT2D eigenvalue weighted by Crippen LogP contribution is -2.36. The summed E-state index contributed by atoms with van der Waals surface area (Å²) in [6, 6.07) is 11.3. The van der Waals surface area contributed by atoms with Crippen LogP contribution in [0, 0.1) is 0 Å². The average Bonchev–Trinajstić information content (AvgIpc) is 2.91. The van der Waals surface area contributed by atoms with E-state index < -0.39 is 0 Å². The van der Waals surface area contributed by atoms with E-state index in [0.29, 0.717) is 16.6 Å². The molecule has 1 aliphatic heterocycles. The predicted molar refractivity (Wildman–Crippen MR) is 119 cm³/mol. The number of thioether (sulfide) groups is 1. The van der Waals surface area contributed by atoms with Gasteiger partial charge in [-0.1, -0.05) is 35.3 Å². The summed E-state index contributed by atoms with van der Waals surface area (Å²) in [5.74, 6) is 1.27. The molecule has 0 spiro atoms. The predicted octanol–water partition coefficient (Wildman–Crippen LogP) is 3.92. The third kappa shape index (κ3) is 3.95. The minimum Gasteiger partial charge on any atom is -0.368 e. The van der Waals surface area contributed by atoms with Crippen LogP contribution in [0.2, 0.25) is 10.0 Å². The number of hydrogen-bond acceptors (Lipinski definition) is 5. The van der Waals surface area contributed by atoms with Crippen molar-refractivity contribution in [2.75, 3.05) is 23.7 Å². The molecule has 3 aromatic rings. The van der Waals surface area contributed by atoms with Crippen LogP contribution in [0.15, 0.2) is 42.6 Å². The summed E-state index contributed by atoms with van der Waals surface area (Å²) in [7, 11) is 1.87. The van der Waals surface area contributed by atoms with Gasteiger partial charge in [0.05, 0.1) is 17.5 Å². The van der Waals surface area contributed by atoms with E-state index in [1.807, 2.05) is 42.3 Å². The summed E-state index contributed by atoms with van der Waals surface area (Å²) in [6.07, 6.45) is 1.74. The molecule has 29 heavy (non-hydrogen) atoms. The van der Waals surface area contributed by atoms with Gasteiger partial charge in [-0.05, 0) is 29.8 Å². The number of halogens is 2. The third-order valence-corrected chi connectivity index (χ3v) is 6.56. The third-order valence-electron chi connectivity index (χ3n) is 4.76. The molecule has 1 atom stereocenters. The van der Waals surface area contributed by atoms with E-state index in [9.17, 15) is 4.79 Å². The lowest BCUT2D eigenvalue weighted by Gasteiger charge is -2.23. The van der Waals surface area contributed by atoms with Crippen molar-refractivity contribution >= 4 is 46.7 Å². The molecule has 2 aromatic heterocycles. The molecule has 9 heteroatoms. The molecular formula is C20H19Cl2N5OS. The van der Waals surface area contributed by atoms with Crippen molar-refractivity contribution in [3.8, 4) is 11.4 Å². The number of carbonyl (C=O) groups excluding carboxylic acids is 1. The highest BCUT2D eigenvalue weighted by Gasteiger charge is 2.34. The van der Waals surface area contributed by atoms with E-state index in [1.165, 1.54) is 0 Å². The van der Waals surface area contributed by atoms with Crippen LogP contribution >= 0.6 is 35.0 Å². The monoisotopic (exact) mass is 447 g/mol. The summed E-state index contributed by atoms with van der Waals surface area (Å²) in [6.45, 7) is 0.791. The maximum absolute atomic E-state index is 11.7.